The predicted octanol–water partition coefficient (Wildman–Crippen LogP) is 8.38. The van der Waals surface area contributed by atoms with Gasteiger partial charge in [0, 0.05) is 33.5 Å². The van der Waals surface area contributed by atoms with Gasteiger partial charge < -0.3 is 25.4 Å². The molecule has 49 heavy (non-hydrogen) atoms. The van der Waals surface area contributed by atoms with Crippen molar-refractivity contribution in [3.05, 3.63) is 155 Å². The molecule has 0 bridgehead atoms. The Balaban J connectivity index is 1.41. The molecule has 0 spiro atoms. The molecule has 0 aliphatic heterocycles. The molecular weight excluding hydrogens is 665 g/mol. The summed E-state index contributed by atoms with van der Waals surface area (Å²) in [6.45, 7) is 0. The number of nitrogens with one attached hydrogen (secondary N) is 3. The predicted molar refractivity (Wildman–Crippen MR) is 192 cm³/mol. The highest BCUT2D eigenvalue weighted by molar-refractivity contribution is 8.00. The molecule has 0 aromatic heterocycles. The van der Waals surface area contributed by atoms with Crippen molar-refractivity contribution in [2.45, 2.75) is 10.1 Å². The molecule has 0 fully saturated rings. The highest BCUT2D eigenvalue weighted by Crippen LogP contribution is 2.37. The van der Waals surface area contributed by atoms with E-state index < -0.39 is 22.9 Å². The minimum atomic E-state index is -0.709. The summed E-state index contributed by atoms with van der Waals surface area (Å²) in [5.41, 5.74) is 2.38. The van der Waals surface area contributed by atoms with Gasteiger partial charge in [0.1, 0.15) is 28.3 Å². The number of benzene rings is 5. The first kappa shape index (κ1) is 34.7. The van der Waals surface area contributed by atoms with Crippen LogP contribution in [0.3, 0.4) is 0 Å². The summed E-state index contributed by atoms with van der Waals surface area (Å²) in [6, 6.07) is 33.8. The van der Waals surface area contributed by atoms with Crippen molar-refractivity contribution in [2.24, 2.45) is 0 Å². The molecule has 0 aliphatic rings. The first-order valence-electron chi connectivity index (χ1n) is 14.9. The molecular formula is C38H31ClFN3O5S. The lowest BCUT2D eigenvalue weighted by molar-refractivity contribution is -0.116. The quantitative estimate of drug-likeness (QED) is 0.0895. The fourth-order valence-corrected chi connectivity index (χ4v) is 5.96. The second-order valence-corrected chi connectivity index (χ2v) is 12.1. The van der Waals surface area contributed by atoms with E-state index in [9.17, 15) is 18.8 Å². The Morgan fingerprint density at radius 1 is 0.776 bits per heavy atom. The highest BCUT2D eigenvalue weighted by atomic mass is 35.5. The molecule has 0 aliphatic carbocycles. The number of hydrogen-bond donors (Lipinski definition) is 3. The van der Waals surface area contributed by atoms with Crippen LogP contribution >= 0.6 is 23.4 Å². The summed E-state index contributed by atoms with van der Waals surface area (Å²) in [4.78, 5) is 41.1. The van der Waals surface area contributed by atoms with Crippen LogP contribution in [0, 0.1) is 5.82 Å². The third-order valence-electron chi connectivity index (χ3n) is 7.14. The number of hydrogen-bond acceptors (Lipinski definition) is 6. The maximum Gasteiger partial charge on any atom is 0.272 e. The average molecular weight is 696 g/mol. The van der Waals surface area contributed by atoms with Gasteiger partial charge >= 0.3 is 0 Å². The van der Waals surface area contributed by atoms with Crippen LogP contribution in [0.15, 0.2) is 132 Å². The maximum atomic E-state index is 13.8. The molecule has 248 valence electrons. The number of halogens is 2. The lowest BCUT2D eigenvalue weighted by Crippen LogP contribution is -2.30. The maximum absolute atomic E-state index is 13.8. The van der Waals surface area contributed by atoms with Crippen LogP contribution in [0.4, 0.5) is 15.8 Å². The van der Waals surface area contributed by atoms with Gasteiger partial charge in [-0.1, -0.05) is 66.2 Å². The van der Waals surface area contributed by atoms with E-state index >= 15 is 0 Å². The Morgan fingerprint density at radius 3 is 2.18 bits per heavy atom. The van der Waals surface area contributed by atoms with Crippen LogP contribution in [0.2, 0.25) is 5.02 Å². The summed E-state index contributed by atoms with van der Waals surface area (Å²) in [5.74, 6) is -1.01. The third-order valence-corrected chi connectivity index (χ3v) is 8.68. The number of anilines is 2. The summed E-state index contributed by atoms with van der Waals surface area (Å²) in [5, 5.41) is 7.59. The number of rotatable bonds is 12. The molecule has 0 saturated carbocycles. The summed E-state index contributed by atoms with van der Waals surface area (Å²) in [7, 11) is 3.03. The molecule has 5 aromatic rings. The van der Waals surface area contributed by atoms with Crippen LogP contribution < -0.4 is 25.4 Å². The third kappa shape index (κ3) is 9.28. The SMILES string of the molecule is COc1ccc(/C=C(/NC(=O)c2ccccc2)C(=O)Nc2cccc(SC(C(=O)Nc3ccc(F)c(Cl)c3)c3ccccc3)c2)c(OC)c1. The first-order valence-corrected chi connectivity index (χ1v) is 16.2. The van der Waals surface area contributed by atoms with Crippen molar-refractivity contribution in [1.29, 1.82) is 0 Å². The van der Waals surface area contributed by atoms with Gasteiger partial charge in [-0.3, -0.25) is 14.4 Å². The molecule has 1 atom stereocenters. The van der Waals surface area contributed by atoms with Crippen molar-refractivity contribution in [3.8, 4) is 11.5 Å². The van der Waals surface area contributed by atoms with Crippen molar-refractivity contribution < 1.29 is 28.2 Å². The van der Waals surface area contributed by atoms with Gasteiger partial charge in [0.05, 0.1) is 19.2 Å². The van der Waals surface area contributed by atoms with Crippen LogP contribution in [0.1, 0.15) is 26.7 Å². The van der Waals surface area contributed by atoms with Crippen molar-refractivity contribution in [2.75, 3.05) is 24.9 Å². The molecule has 0 saturated heterocycles. The number of ether oxygens (including phenoxy) is 2. The number of carbonyl (C=O) groups is 3. The van der Waals surface area contributed by atoms with Gasteiger partial charge in [-0.15, -0.1) is 11.8 Å². The molecule has 5 aromatic carbocycles. The Hall–Kier alpha value is -5.58. The smallest absolute Gasteiger partial charge is 0.272 e. The Bertz CT molecular complexity index is 1990. The van der Waals surface area contributed by atoms with E-state index in [0.29, 0.717) is 38.9 Å². The molecule has 0 heterocycles. The van der Waals surface area contributed by atoms with E-state index in [1.165, 1.54) is 50.3 Å². The van der Waals surface area contributed by atoms with E-state index in [0.717, 1.165) is 5.56 Å². The number of amides is 3. The fourth-order valence-electron chi connectivity index (χ4n) is 4.70. The Labute approximate surface area is 292 Å². The zero-order valence-corrected chi connectivity index (χ0v) is 28.0. The molecule has 5 rings (SSSR count). The van der Waals surface area contributed by atoms with Gasteiger partial charge in [-0.2, -0.15) is 0 Å². The minimum Gasteiger partial charge on any atom is -0.497 e. The minimum absolute atomic E-state index is 0.0325. The molecule has 8 nitrogen and oxygen atoms in total. The standard InChI is InChI=1S/C38H31ClFN3O5S/c1-47-29-18-16-26(34(23-29)48-2)20-33(43-36(44)25-12-7-4-8-13-25)37(45)41-27-14-9-15-30(21-27)49-35(24-10-5-3-6-11-24)38(46)42-28-17-19-32(40)31(39)22-28/h3-23,35H,1-2H3,(H,41,45)(H,42,46)(H,43,44)/b33-20+. The van der Waals surface area contributed by atoms with Gasteiger partial charge in [-0.05, 0) is 72.3 Å². The lowest BCUT2D eigenvalue weighted by Gasteiger charge is -2.18. The van der Waals surface area contributed by atoms with Crippen molar-refractivity contribution >= 4 is 58.5 Å². The number of carbonyl (C=O) groups excluding carboxylic acids is 3. The van der Waals surface area contributed by atoms with Gasteiger partial charge in [-0.25, -0.2) is 4.39 Å². The van der Waals surface area contributed by atoms with Crippen LogP contribution in [0.5, 0.6) is 11.5 Å². The normalized spacial score (nSPS) is 11.6. The van der Waals surface area contributed by atoms with Crippen molar-refractivity contribution in [3.63, 3.8) is 0 Å². The van der Waals surface area contributed by atoms with E-state index in [-0.39, 0.29) is 16.6 Å². The molecule has 3 amide bonds. The van der Waals surface area contributed by atoms with E-state index in [2.05, 4.69) is 16.0 Å². The second-order valence-electron chi connectivity index (χ2n) is 10.5. The molecule has 11 heteroatoms. The topological polar surface area (TPSA) is 106 Å². The fraction of sp³-hybridized carbons (Fsp3) is 0.0789. The molecule has 0 radical (unpaired) electrons. The lowest BCUT2D eigenvalue weighted by atomic mass is 10.1. The van der Waals surface area contributed by atoms with E-state index in [1.807, 2.05) is 36.4 Å². The summed E-state index contributed by atoms with van der Waals surface area (Å²) >= 11 is 7.19. The second kappa shape index (κ2) is 16.5. The van der Waals surface area contributed by atoms with E-state index in [1.54, 1.807) is 66.7 Å². The van der Waals surface area contributed by atoms with Gasteiger partial charge in [0.2, 0.25) is 5.91 Å². The zero-order chi connectivity index (χ0) is 34.8. The van der Waals surface area contributed by atoms with Crippen molar-refractivity contribution in [1.82, 2.24) is 5.32 Å². The first-order chi connectivity index (χ1) is 23.7. The summed E-state index contributed by atoms with van der Waals surface area (Å²) in [6.07, 6.45) is 1.52. The molecule has 1 unspecified atom stereocenters. The number of methoxy groups -OCH3 is 2. The zero-order valence-electron chi connectivity index (χ0n) is 26.4. The highest BCUT2D eigenvalue weighted by Gasteiger charge is 2.23. The van der Waals surface area contributed by atoms with Crippen LogP contribution in [0.25, 0.3) is 6.08 Å². The van der Waals surface area contributed by atoms with Gasteiger partial charge in [0.15, 0.2) is 0 Å². The average Bonchev–Trinajstić information content (AvgIpc) is 3.12. The van der Waals surface area contributed by atoms with Crippen LogP contribution in [-0.2, 0) is 9.59 Å². The largest absolute Gasteiger partial charge is 0.497 e. The monoisotopic (exact) mass is 695 g/mol. The molecule has 3 N–H and O–H groups in total. The van der Waals surface area contributed by atoms with Crippen LogP contribution in [-0.4, -0.2) is 31.9 Å². The summed E-state index contributed by atoms with van der Waals surface area (Å²) < 4.78 is 24.5. The Morgan fingerprint density at radius 2 is 1.49 bits per heavy atom. The van der Waals surface area contributed by atoms with E-state index in [4.69, 9.17) is 21.1 Å². The van der Waals surface area contributed by atoms with Gasteiger partial charge in [0.25, 0.3) is 11.8 Å². The Kier molecular flexibility index (Phi) is 11.7. The number of thioether (sulfide) groups is 1.